The molecule has 5 nitrogen and oxygen atoms in total. The first-order chi connectivity index (χ1) is 14.2. The smallest absolute Gasteiger partial charge is 0.225 e. The van der Waals surface area contributed by atoms with Gasteiger partial charge in [0.2, 0.25) is 5.91 Å². The van der Waals surface area contributed by atoms with E-state index in [0.29, 0.717) is 13.1 Å². The van der Waals surface area contributed by atoms with Gasteiger partial charge in [-0.1, -0.05) is 42.5 Å². The van der Waals surface area contributed by atoms with Gasteiger partial charge < -0.3 is 10.2 Å². The van der Waals surface area contributed by atoms with Crippen LogP contribution in [0.4, 0.5) is 10.2 Å². The molecule has 1 aromatic heterocycles. The second-order valence-electron chi connectivity index (χ2n) is 7.27. The highest BCUT2D eigenvalue weighted by Crippen LogP contribution is 2.23. The number of benzene rings is 2. The minimum atomic E-state index is -0.276. The van der Waals surface area contributed by atoms with Gasteiger partial charge >= 0.3 is 0 Å². The van der Waals surface area contributed by atoms with Crippen LogP contribution < -0.4 is 10.2 Å². The molecule has 1 unspecified atom stereocenters. The number of aromatic nitrogens is 2. The lowest BCUT2D eigenvalue weighted by atomic mass is 9.97. The minimum Gasteiger partial charge on any atom is -0.354 e. The summed E-state index contributed by atoms with van der Waals surface area (Å²) in [6.45, 7) is 1.89. The molecule has 1 aliphatic heterocycles. The maximum atomic E-state index is 13.0. The molecule has 2 heterocycles. The summed E-state index contributed by atoms with van der Waals surface area (Å²) in [6, 6.07) is 20.1. The summed E-state index contributed by atoms with van der Waals surface area (Å²) in [5.41, 5.74) is 2.75. The number of anilines is 1. The average Bonchev–Trinajstić information content (AvgIpc) is 2.79. The number of carbonyl (C=O) groups excluding carboxylic acids is 1. The van der Waals surface area contributed by atoms with Crippen molar-refractivity contribution in [2.45, 2.75) is 19.4 Å². The van der Waals surface area contributed by atoms with Crippen LogP contribution in [0.2, 0.25) is 0 Å². The van der Waals surface area contributed by atoms with Crippen molar-refractivity contribution in [3.63, 3.8) is 0 Å². The van der Waals surface area contributed by atoms with Gasteiger partial charge in [0.25, 0.3) is 0 Å². The average molecular weight is 390 g/mol. The SMILES string of the molecule is O=C(NCc1ccc(F)cc1)C1CCCN(c2ccc(-c3ccccc3)nn2)C1. The molecule has 0 saturated carbocycles. The van der Waals surface area contributed by atoms with Crippen molar-refractivity contribution in [2.24, 2.45) is 5.92 Å². The first-order valence-electron chi connectivity index (χ1n) is 9.85. The molecule has 2 aromatic carbocycles. The lowest BCUT2D eigenvalue weighted by Gasteiger charge is -2.32. The van der Waals surface area contributed by atoms with Crippen LogP contribution in [0.1, 0.15) is 18.4 Å². The summed E-state index contributed by atoms with van der Waals surface area (Å²) < 4.78 is 13.0. The predicted molar refractivity (Wildman–Crippen MR) is 111 cm³/mol. The first-order valence-corrected chi connectivity index (χ1v) is 9.85. The van der Waals surface area contributed by atoms with Gasteiger partial charge in [0.15, 0.2) is 5.82 Å². The number of nitrogens with one attached hydrogen (secondary N) is 1. The van der Waals surface area contributed by atoms with Gasteiger partial charge in [0.05, 0.1) is 11.6 Å². The summed E-state index contributed by atoms with van der Waals surface area (Å²) >= 11 is 0. The third kappa shape index (κ3) is 4.77. The Kier molecular flexibility index (Phi) is 5.79. The molecule has 6 heteroatoms. The van der Waals surface area contributed by atoms with Crippen LogP contribution in [0.5, 0.6) is 0 Å². The van der Waals surface area contributed by atoms with Crippen molar-refractivity contribution in [1.82, 2.24) is 15.5 Å². The molecule has 1 saturated heterocycles. The number of piperidine rings is 1. The summed E-state index contributed by atoms with van der Waals surface area (Å²) in [5, 5.41) is 11.7. The molecule has 0 aliphatic carbocycles. The van der Waals surface area contributed by atoms with E-state index in [2.05, 4.69) is 20.4 Å². The van der Waals surface area contributed by atoms with Crippen LogP contribution in [0, 0.1) is 11.7 Å². The van der Waals surface area contributed by atoms with E-state index in [1.54, 1.807) is 12.1 Å². The molecular formula is C23H23FN4O. The molecule has 3 aromatic rings. The molecule has 1 fully saturated rings. The fourth-order valence-corrected chi connectivity index (χ4v) is 3.59. The van der Waals surface area contributed by atoms with Gasteiger partial charge in [-0.05, 0) is 42.7 Å². The summed E-state index contributed by atoms with van der Waals surface area (Å²) in [6.07, 6.45) is 1.78. The normalized spacial score (nSPS) is 16.4. The van der Waals surface area contributed by atoms with Crippen molar-refractivity contribution in [3.8, 4) is 11.3 Å². The maximum Gasteiger partial charge on any atom is 0.225 e. The Morgan fingerprint density at radius 2 is 1.83 bits per heavy atom. The Hall–Kier alpha value is -3.28. The monoisotopic (exact) mass is 390 g/mol. The van der Waals surface area contributed by atoms with Crippen LogP contribution in [-0.4, -0.2) is 29.2 Å². The number of nitrogens with zero attached hydrogens (tertiary/aromatic N) is 3. The van der Waals surface area contributed by atoms with Crippen LogP contribution in [0.25, 0.3) is 11.3 Å². The zero-order valence-electron chi connectivity index (χ0n) is 16.1. The van der Waals surface area contributed by atoms with E-state index in [9.17, 15) is 9.18 Å². The molecular weight excluding hydrogens is 367 g/mol. The van der Waals surface area contributed by atoms with E-state index in [1.165, 1.54) is 12.1 Å². The number of rotatable bonds is 5. The molecule has 29 heavy (non-hydrogen) atoms. The van der Waals surface area contributed by atoms with Crippen LogP contribution in [0.15, 0.2) is 66.7 Å². The van der Waals surface area contributed by atoms with Gasteiger partial charge in [0, 0.05) is 25.2 Å². The van der Waals surface area contributed by atoms with E-state index in [0.717, 1.165) is 42.0 Å². The first kappa shape index (κ1) is 19.1. The van der Waals surface area contributed by atoms with Gasteiger partial charge in [0.1, 0.15) is 5.82 Å². The van der Waals surface area contributed by atoms with Gasteiger partial charge in [-0.2, -0.15) is 0 Å². The molecule has 1 N–H and O–H groups in total. The molecule has 148 valence electrons. The van der Waals surface area contributed by atoms with Gasteiger partial charge in [-0.3, -0.25) is 4.79 Å². The second kappa shape index (κ2) is 8.82. The fourth-order valence-electron chi connectivity index (χ4n) is 3.59. The summed E-state index contributed by atoms with van der Waals surface area (Å²) in [4.78, 5) is 14.7. The van der Waals surface area contributed by atoms with Gasteiger partial charge in [-0.25, -0.2) is 4.39 Å². The molecule has 1 amide bonds. The van der Waals surface area contributed by atoms with Gasteiger partial charge in [-0.15, -0.1) is 10.2 Å². The third-order valence-electron chi connectivity index (χ3n) is 5.22. The van der Waals surface area contributed by atoms with Crippen molar-refractivity contribution in [1.29, 1.82) is 0 Å². The molecule has 0 radical (unpaired) electrons. The minimum absolute atomic E-state index is 0.0212. The number of carbonyl (C=O) groups is 1. The number of halogens is 1. The van der Waals surface area contributed by atoms with Crippen molar-refractivity contribution < 1.29 is 9.18 Å². The predicted octanol–water partition coefficient (Wildman–Crippen LogP) is 3.82. The summed E-state index contributed by atoms with van der Waals surface area (Å²) in [7, 11) is 0. The zero-order valence-corrected chi connectivity index (χ0v) is 16.1. The molecule has 1 aliphatic rings. The maximum absolute atomic E-state index is 13.0. The van der Waals surface area contributed by atoms with E-state index in [4.69, 9.17) is 0 Å². The number of amides is 1. The van der Waals surface area contributed by atoms with E-state index < -0.39 is 0 Å². The van der Waals surface area contributed by atoms with Crippen LogP contribution >= 0.6 is 0 Å². The Morgan fingerprint density at radius 1 is 1.03 bits per heavy atom. The highest BCUT2D eigenvalue weighted by molar-refractivity contribution is 5.79. The zero-order chi connectivity index (χ0) is 20.1. The highest BCUT2D eigenvalue weighted by Gasteiger charge is 2.26. The Morgan fingerprint density at radius 3 is 2.55 bits per heavy atom. The third-order valence-corrected chi connectivity index (χ3v) is 5.22. The standard InChI is InChI=1S/C23H23FN4O/c24-20-10-8-17(9-11-20)15-25-23(29)19-7-4-14-28(16-19)22-13-12-21(26-27-22)18-5-2-1-3-6-18/h1-3,5-6,8-13,19H,4,7,14-16H2,(H,25,29). The van der Waals surface area contributed by atoms with Crippen molar-refractivity contribution in [3.05, 3.63) is 78.1 Å². The lowest BCUT2D eigenvalue weighted by Crippen LogP contribution is -2.43. The quantitative estimate of drug-likeness (QED) is 0.720. The molecule has 0 spiro atoms. The highest BCUT2D eigenvalue weighted by atomic mass is 19.1. The van der Waals surface area contributed by atoms with E-state index in [-0.39, 0.29) is 17.6 Å². The topological polar surface area (TPSA) is 58.1 Å². The summed E-state index contributed by atoms with van der Waals surface area (Å²) in [5.74, 6) is 0.441. The van der Waals surface area contributed by atoms with Crippen LogP contribution in [-0.2, 0) is 11.3 Å². The number of hydrogen-bond donors (Lipinski definition) is 1. The van der Waals surface area contributed by atoms with Crippen molar-refractivity contribution in [2.75, 3.05) is 18.0 Å². The Bertz CT molecular complexity index is 945. The second-order valence-corrected chi connectivity index (χ2v) is 7.27. The lowest BCUT2D eigenvalue weighted by molar-refractivity contribution is -0.125. The van der Waals surface area contributed by atoms with E-state index >= 15 is 0 Å². The largest absolute Gasteiger partial charge is 0.354 e. The molecule has 1 atom stereocenters. The number of hydrogen-bond acceptors (Lipinski definition) is 4. The van der Waals surface area contributed by atoms with E-state index in [1.807, 2.05) is 42.5 Å². The Balaban J connectivity index is 1.36. The van der Waals surface area contributed by atoms with Crippen LogP contribution in [0.3, 0.4) is 0 Å². The Labute approximate surface area is 169 Å². The molecule has 0 bridgehead atoms. The fraction of sp³-hybridized carbons (Fsp3) is 0.261. The van der Waals surface area contributed by atoms with Crippen molar-refractivity contribution >= 4 is 11.7 Å². The molecule has 4 rings (SSSR count).